The summed E-state index contributed by atoms with van der Waals surface area (Å²) in [6.45, 7) is 3.55. The topological polar surface area (TPSA) is 29.0 Å². The molecule has 0 saturated carbocycles. The number of alkyl halides is 3. The maximum atomic E-state index is 12.6. The highest BCUT2D eigenvalue weighted by Crippen LogP contribution is 2.30. The van der Waals surface area contributed by atoms with Gasteiger partial charge in [-0.3, -0.25) is 0 Å². The molecule has 0 radical (unpaired) electrons. The Bertz CT molecular complexity index is 442. The van der Waals surface area contributed by atoms with Crippen LogP contribution in [-0.4, -0.2) is 23.1 Å². The van der Waals surface area contributed by atoms with Crippen LogP contribution in [0.3, 0.4) is 0 Å². The molecule has 0 spiro atoms. The lowest BCUT2D eigenvalue weighted by Crippen LogP contribution is -2.34. The maximum absolute atomic E-state index is 12.6. The summed E-state index contributed by atoms with van der Waals surface area (Å²) in [7, 11) is 0. The highest BCUT2D eigenvalue weighted by molar-refractivity contribution is 6.29. The lowest BCUT2D eigenvalue weighted by Gasteiger charge is -2.32. The molecule has 3 nitrogen and oxygen atoms in total. The summed E-state index contributed by atoms with van der Waals surface area (Å²) in [4.78, 5) is 8.66. The van der Waals surface area contributed by atoms with Gasteiger partial charge in [0.05, 0.1) is 0 Å². The largest absolute Gasteiger partial charge is 0.451 e. The molecule has 0 aliphatic carbocycles. The minimum Gasteiger partial charge on any atom is -0.356 e. The van der Waals surface area contributed by atoms with Gasteiger partial charge in [-0.1, -0.05) is 24.9 Å². The Morgan fingerprint density at radius 1 is 1.32 bits per heavy atom. The van der Waals surface area contributed by atoms with Gasteiger partial charge >= 0.3 is 6.18 Å². The van der Waals surface area contributed by atoms with Crippen LogP contribution in [0.4, 0.5) is 19.0 Å². The van der Waals surface area contributed by atoms with E-state index in [9.17, 15) is 13.2 Å². The number of hydrogen-bond acceptors (Lipinski definition) is 3. The van der Waals surface area contributed by atoms with Crippen molar-refractivity contribution in [3.63, 3.8) is 0 Å². The number of piperidine rings is 1. The predicted molar refractivity (Wildman–Crippen MR) is 67.3 cm³/mol. The highest BCUT2D eigenvalue weighted by atomic mass is 35.5. The molecule has 0 N–H and O–H groups in total. The zero-order valence-corrected chi connectivity index (χ0v) is 11.3. The third-order valence-electron chi connectivity index (χ3n) is 3.45. The van der Waals surface area contributed by atoms with E-state index in [1.807, 2.05) is 4.90 Å². The van der Waals surface area contributed by atoms with Gasteiger partial charge in [0.1, 0.15) is 11.0 Å². The van der Waals surface area contributed by atoms with Crippen LogP contribution < -0.4 is 4.90 Å². The van der Waals surface area contributed by atoms with E-state index >= 15 is 0 Å². The summed E-state index contributed by atoms with van der Waals surface area (Å²) in [5, 5.41) is -0.171. The molecule has 0 unspecified atom stereocenters. The fourth-order valence-corrected chi connectivity index (χ4v) is 2.44. The second-order valence-electron chi connectivity index (χ2n) is 4.71. The van der Waals surface area contributed by atoms with Crippen molar-refractivity contribution in [2.24, 2.45) is 5.92 Å². The van der Waals surface area contributed by atoms with E-state index in [0.29, 0.717) is 19.0 Å². The Morgan fingerprint density at radius 2 is 1.95 bits per heavy atom. The molecule has 0 bridgehead atoms. The molecule has 7 heteroatoms. The lowest BCUT2D eigenvalue weighted by atomic mass is 9.94. The molecule has 0 atom stereocenters. The molecule has 1 aromatic heterocycles. The van der Waals surface area contributed by atoms with Crippen LogP contribution in [0.25, 0.3) is 0 Å². The fraction of sp³-hybridized carbons (Fsp3) is 0.667. The molecule has 0 amide bonds. The van der Waals surface area contributed by atoms with Crippen LogP contribution in [-0.2, 0) is 6.18 Å². The summed E-state index contributed by atoms with van der Waals surface area (Å²) < 4.78 is 37.9. The number of halogens is 4. The lowest BCUT2D eigenvalue weighted by molar-refractivity contribution is -0.144. The molecular formula is C12H15ClF3N3. The van der Waals surface area contributed by atoms with Crippen molar-refractivity contribution < 1.29 is 13.2 Å². The summed E-state index contributed by atoms with van der Waals surface area (Å²) in [6.07, 6.45) is -1.52. The maximum Gasteiger partial charge on any atom is 0.451 e. The van der Waals surface area contributed by atoms with Crippen LogP contribution >= 0.6 is 11.6 Å². The van der Waals surface area contributed by atoms with Crippen LogP contribution in [0.15, 0.2) is 6.07 Å². The third-order valence-corrected chi connectivity index (χ3v) is 3.64. The quantitative estimate of drug-likeness (QED) is 0.777. The van der Waals surface area contributed by atoms with Crippen LogP contribution in [0.5, 0.6) is 0 Å². The van der Waals surface area contributed by atoms with Gasteiger partial charge in [0.2, 0.25) is 5.82 Å². The zero-order valence-electron chi connectivity index (χ0n) is 10.5. The Balaban J connectivity index is 2.19. The first-order chi connectivity index (χ1) is 8.90. The van der Waals surface area contributed by atoms with E-state index in [4.69, 9.17) is 11.6 Å². The molecule has 1 fully saturated rings. The summed E-state index contributed by atoms with van der Waals surface area (Å²) >= 11 is 5.65. The third kappa shape index (κ3) is 3.49. The minimum absolute atomic E-state index is 0.171. The summed E-state index contributed by atoms with van der Waals surface area (Å²) in [5.74, 6) is -0.259. The smallest absolute Gasteiger partial charge is 0.356 e. The summed E-state index contributed by atoms with van der Waals surface area (Å²) in [5.41, 5.74) is 0. The first-order valence-corrected chi connectivity index (χ1v) is 6.64. The second-order valence-corrected chi connectivity index (χ2v) is 5.10. The van der Waals surface area contributed by atoms with Crippen molar-refractivity contribution in [1.29, 1.82) is 0 Å². The minimum atomic E-state index is -4.57. The van der Waals surface area contributed by atoms with Gasteiger partial charge in [-0.05, 0) is 18.8 Å². The Labute approximate surface area is 114 Å². The van der Waals surface area contributed by atoms with Crippen LogP contribution in [0, 0.1) is 5.92 Å². The van der Waals surface area contributed by atoms with Gasteiger partial charge in [0.25, 0.3) is 0 Å². The van der Waals surface area contributed by atoms with E-state index in [2.05, 4.69) is 16.9 Å². The fourth-order valence-electron chi connectivity index (χ4n) is 2.26. The monoisotopic (exact) mass is 293 g/mol. The second kappa shape index (κ2) is 5.53. The molecule has 2 heterocycles. The molecule has 19 heavy (non-hydrogen) atoms. The van der Waals surface area contributed by atoms with Gasteiger partial charge in [0, 0.05) is 19.2 Å². The number of nitrogens with zero attached hydrogens (tertiary/aromatic N) is 3. The van der Waals surface area contributed by atoms with E-state index < -0.39 is 12.0 Å². The van der Waals surface area contributed by atoms with E-state index in [-0.39, 0.29) is 11.0 Å². The normalized spacial score (nSPS) is 17.8. The van der Waals surface area contributed by atoms with Crippen molar-refractivity contribution in [3.05, 3.63) is 17.0 Å². The first-order valence-electron chi connectivity index (χ1n) is 6.27. The average molecular weight is 294 g/mol. The number of hydrogen-bond donors (Lipinski definition) is 0. The van der Waals surface area contributed by atoms with Gasteiger partial charge in [-0.15, -0.1) is 0 Å². The first kappa shape index (κ1) is 14.4. The standard InChI is InChI=1S/C12H15ClF3N3/c1-2-8-3-5-19(6-4-8)10-7-9(13)17-11(18-10)12(14,15)16/h7-8H,2-6H2,1H3. The number of aromatic nitrogens is 2. The molecule has 1 aliphatic heterocycles. The number of rotatable bonds is 2. The average Bonchev–Trinajstić information content (AvgIpc) is 2.37. The van der Waals surface area contributed by atoms with Gasteiger partial charge in [0.15, 0.2) is 0 Å². The molecule has 1 aromatic rings. The van der Waals surface area contributed by atoms with E-state index in [1.165, 1.54) is 6.07 Å². The summed E-state index contributed by atoms with van der Waals surface area (Å²) in [6, 6.07) is 1.39. The van der Waals surface area contributed by atoms with Gasteiger partial charge in [-0.2, -0.15) is 13.2 Å². The molecule has 1 aliphatic rings. The highest BCUT2D eigenvalue weighted by Gasteiger charge is 2.36. The Morgan fingerprint density at radius 3 is 2.47 bits per heavy atom. The molecule has 0 aromatic carbocycles. The van der Waals surface area contributed by atoms with Crippen LogP contribution in [0.2, 0.25) is 5.15 Å². The van der Waals surface area contributed by atoms with Crippen molar-refractivity contribution in [2.45, 2.75) is 32.4 Å². The molecule has 1 saturated heterocycles. The predicted octanol–water partition coefficient (Wildman–Crippen LogP) is 3.78. The van der Waals surface area contributed by atoms with E-state index in [0.717, 1.165) is 19.3 Å². The van der Waals surface area contributed by atoms with Crippen LogP contribution in [0.1, 0.15) is 32.0 Å². The Kier molecular flexibility index (Phi) is 4.18. The Hall–Kier alpha value is -1.04. The molecular weight excluding hydrogens is 279 g/mol. The number of anilines is 1. The van der Waals surface area contributed by atoms with Crippen molar-refractivity contribution >= 4 is 17.4 Å². The SMILES string of the molecule is CCC1CCN(c2cc(Cl)nc(C(F)(F)F)n2)CC1. The van der Waals surface area contributed by atoms with Gasteiger partial charge in [-0.25, -0.2) is 9.97 Å². The zero-order chi connectivity index (χ0) is 14.0. The van der Waals surface area contributed by atoms with Crippen molar-refractivity contribution in [2.75, 3.05) is 18.0 Å². The molecule has 106 valence electrons. The van der Waals surface area contributed by atoms with Crippen molar-refractivity contribution in [1.82, 2.24) is 9.97 Å². The molecule has 2 rings (SSSR count). The van der Waals surface area contributed by atoms with E-state index in [1.54, 1.807) is 0 Å². The van der Waals surface area contributed by atoms with Gasteiger partial charge < -0.3 is 4.90 Å². The van der Waals surface area contributed by atoms with Crippen molar-refractivity contribution in [3.8, 4) is 0 Å².